The highest BCUT2D eigenvalue weighted by atomic mass is 19.3. The molecule has 3 aromatic rings. The number of nitrogens with zero attached hydrogens (tertiary/aromatic N) is 5. The third-order valence-electron chi connectivity index (χ3n) is 6.32. The van der Waals surface area contributed by atoms with E-state index in [0.717, 1.165) is 6.54 Å². The van der Waals surface area contributed by atoms with E-state index in [1.807, 2.05) is 6.07 Å². The Morgan fingerprint density at radius 1 is 1.03 bits per heavy atom. The third-order valence-corrected chi connectivity index (χ3v) is 6.32. The van der Waals surface area contributed by atoms with Crippen LogP contribution < -0.4 is 16.0 Å². The van der Waals surface area contributed by atoms with E-state index < -0.39 is 6.43 Å². The quantitative estimate of drug-likeness (QED) is 0.555. The highest BCUT2D eigenvalue weighted by Crippen LogP contribution is 2.30. The summed E-state index contributed by atoms with van der Waals surface area (Å²) in [7, 11) is 1.50. The summed E-state index contributed by atoms with van der Waals surface area (Å²) in [6.07, 6.45) is 3.49. The molecule has 0 atom stereocenters. The lowest BCUT2D eigenvalue weighted by Gasteiger charge is -2.28. The van der Waals surface area contributed by atoms with Crippen LogP contribution in [0.2, 0.25) is 0 Å². The number of anilines is 2. The fourth-order valence-corrected chi connectivity index (χ4v) is 4.63. The Bertz CT molecular complexity index is 1060. The maximum Gasteiger partial charge on any atom is 0.296 e. The van der Waals surface area contributed by atoms with Crippen LogP contribution in [0.4, 0.5) is 20.5 Å². The van der Waals surface area contributed by atoms with Crippen molar-refractivity contribution < 1.29 is 13.5 Å². The molecule has 2 aromatic heterocycles. The van der Waals surface area contributed by atoms with Crippen molar-refractivity contribution in [2.24, 2.45) is 11.7 Å². The van der Waals surface area contributed by atoms with E-state index in [1.54, 1.807) is 24.3 Å². The number of morpholine rings is 1. The van der Waals surface area contributed by atoms with Gasteiger partial charge in [0.1, 0.15) is 11.6 Å². The van der Waals surface area contributed by atoms with Crippen LogP contribution in [0.3, 0.4) is 0 Å². The van der Waals surface area contributed by atoms with Crippen LogP contribution in [0.1, 0.15) is 44.4 Å². The van der Waals surface area contributed by atoms with E-state index in [4.69, 9.17) is 9.72 Å². The number of halogens is 2. The Hall–Kier alpha value is -2.85. The Kier molecular flexibility index (Phi) is 8.23. The molecule has 1 aliphatic carbocycles. The van der Waals surface area contributed by atoms with Gasteiger partial charge in [0.15, 0.2) is 5.82 Å². The molecule has 1 saturated carbocycles. The number of nitrogens with two attached hydrogens (primary N) is 1. The van der Waals surface area contributed by atoms with Gasteiger partial charge in [0.05, 0.1) is 24.2 Å². The largest absolute Gasteiger partial charge is 0.378 e. The van der Waals surface area contributed by atoms with Gasteiger partial charge in [0, 0.05) is 25.7 Å². The number of rotatable bonds is 6. The standard InChI is InChI=1S/C23H28F2N6O.CH5N/c24-21(25)22-27-17-8-4-5-9-18(17)31(22)20-14-19(30-10-12-32-13-11-30)28-23(29-20)26-15-16-6-2-1-3-7-16;1-2/h4-5,8-9,14,16,21H,1-3,6-7,10-13,15H2,(H,26,28,29);2H2,1H3. The van der Waals surface area contributed by atoms with Crippen LogP contribution >= 0.6 is 0 Å². The average Bonchev–Trinajstić information content (AvgIpc) is 3.30. The van der Waals surface area contributed by atoms with Crippen LogP contribution in [-0.2, 0) is 4.74 Å². The van der Waals surface area contributed by atoms with E-state index in [1.165, 1.54) is 43.7 Å². The van der Waals surface area contributed by atoms with Gasteiger partial charge >= 0.3 is 0 Å². The average molecular weight is 474 g/mol. The molecule has 34 heavy (non-hydrogen) atoms. The minimum atomic E-state index is -2.72. The highest BCUT2D eigenvalue weighted by molar-refractivity contribution is 5.78. The van der Waals surface area contributed by atoms with E-state index in [0.29, 0.717) is 60.8 Å². The van der Waals surface area contributed by atoms with Crippen molar-refractivity contribution in [3.05, 3.63) is 36.2 Å². The monoisotopic (exact) mass is 473 g/mol. The fourth-order valence-electron chi connectivity index (χ4n) is 4.63. The first-order valence-electron chi connectivity index (χ1n) is 12.0. The van der Waals surface area contributed by atoms with Gasteiger partial charge in [0.25, 0.3) is 6.43 Å². The molecule has 1 saturated heterocycles. The van der Waals surface area contributed by atoms with Gasteiger partial charge in [-0.1, -0.05) is 31.4 Å². The van der Waals surface area contributed by atoms with Gasteiger partial charge in [-0.2, -0.15) is 9.97 Å². The van der Waals surface area contributed by atoms with E-state index in [-0.39, 0.29) is 5.82 Å². The Morgan fingerprint density at radius 3 is 2.47 bits per heavy atom. The minimum Gasteiger partial charge on any atom is -0.378 e. The van der Waals surface area contributed by atoms with E-state index >= 15 is 0 Å². The second-order valence-electron chi connectivity index (χ2n) is 8.49. The fraction of sp³-hybridized carbons (Fsp3) is 0.542. The summed E-state index contributed by atoms with van der Waals surface area (Å²) in [6, 6.07) is 8.92. The Morgan fingerprint density at radius 2 is 1.74 bits per heavy atom. The number of nitrogens with one attached hydrogen (secondary N) is 1. The molecule has 0 spiro atoms. The second kappa shape index (κ2) is 11.5. The molecule has 2 fully saturated rings. The summed E-state index contributed by atoms with van der Waals surface area (Å²) in [5, 5.41) is 3.39. The zero-order valence-electron chi connectivity index (χ0n) is 19.6. The SMILES string of the molecule is CN.FC(F)c1nc2ccccc2n1-c1cc(N2CCOCC2)nc(NCC2CCCCC2)n1. The molecule has 1 aromatic carbocycles. The van der Waals surface area contributed by atoms with Crippen LogP contribution in [0.25, 0.3) is 16.9 Å². The van der Waals surface area contributed by atoms with Gasteiger partial charge < -0.3 is 20.7 Å². The van der Waals surface area contributed by atoms with Crippen LogP contribution in [0, 0.1) is 5.92 Å². The highest BCUT2D eigenvalue weighted by Gasteiger charge is 2.23. The summed E-state index contributed by atoms with van der Waals surface area (Å²) in [5.74, 6) is 1.86. The first kappa shape index (κ1) is 24.3. The number of imidazole rings is 1. The maximum atomic E-state index is 13.9. The number of aromatic nitrogens is 4. The van der Waals surface area contributed by atoms with E-state index in [9.17, 15) is 8.78 Å². The van der Waals surface area contributed by atoms with Gasteiger partial charge in [-0.05, 0) is 37.9 Å². The number of para-hydroxylation sites is 2. The number of hydrogen-bond acceptors (Lipinski definition) is 7. The van der Waals surface area contributed by atoms with Crippen molar-refractivity contribution in [2.75, 3.05) is 50.1 Å². The molecular weight excluding hydrogens is 440 g/mol. The predicted molar refractivity (Wildman–Crippen MR) is 130 cm³/mol. The molecule has 1 aliphatic heterocycles. The Balaban J connectivity index is 0.00000133. The lowest BCUT2D eigenvalue weighted by Crippen LogP contribution is -2.37. The first-order valence-corrected chi connectivity index (χ1v) is 12.0. The van der Waals surface area contributed by atoms with Gasteiger partial charge in [-0.15, -0.1) is 0 Å². The van der Waals surface area contributed by atoms with Crippen LogP contribution in [0.15, 0.2) is 30.3 Å². The molecule has 5 rings (SSSR count). The zero-order chi connectivity index (χ0) is 23.9. The normalized spacial score (nSPS) is 17.0. The molecule has 0 unspecified atom stereocenters. The predicted octanol–water partition coefficient (Wildman–Crippen LogP) is 4.16. The van der Waals surface area contributed by atoms with Gasteiger partial charge in [0.2, 0.25) is 5.95 Å². The van der Waals surface area contributed by atoms with Crippen molar-refractivity contribution in [1.82, 2.24) is 19.5 Å². The molecule has 0 radical (unpaired) electrons. The summed E-state index contributed by atoms with van der Waals surface area (Å²) in [6.45, 7) is 3.41. The van der Waals surface area contributed by atoms with Gasteiger partial charge in [-0.3, -0.25) is 4.57 Å². The molecule has 3 N–H and O–H groups in total. The van der Waals surface area contributed by atoms with Crippen molar-refractivity contribution in [1.29, 1.82) is 0 Å². The first-order chi connectivity index (χ1) is 16.7. The minimum absolute atomic E-state index is 0.309. The summed E-state index contributed by atoms with van der Waals surface area (Å²) in [4.78, 5) is 15.7. The number of benzene rings is 1. The summed E-state index contributed by atoms with van der Waals surface area (Å²) in [5.41, 5.74) is 5.62. The molecule has 3 heterocycles. The molecular formula is C24H33F2N7O. The van der Waals surface area contributed by atoms with E-state index in [2.05, 4.69) is 25.9 Å². The molecule has 0 bridgehead atoms. The number of fused-ring (bicyclic) bond motifs is 1. The van der Waals surface area contributed by atoms with Crippen molar-refractivity contribution in [2.45, 2.75) is 38.5 Å². The maximum absolute atomic E-state index is 13.9. The van der Waals surface area contributed by atoms with Crippen molar-refractivity contribution in [3.63, 3.8) is 0 Å². The Labute approximate surface area is 198 Å². The number of alkyl halides is 2. The molecule has 184 valence electrons. The van der Waals surface area contributed by atoms with Gasteiger partial charge in [-0.25, -0.2) is 13.8 Å². The molecule has 2 aliphatic rings. The lowest BCUT2D eigenvalue weighted by atomic mass is 9.89. The second-order valence-corrected chi connectivity index (χ2v) is 8.49. The van der Waals surface area contributed by atoms with Crippen molar-refractivity contribution >= 4 is 22.8 Å². The van der Waals surface area contributed by atoms with Crippen LogP contribution in [-0.4, -0.2) is 59.4 Å². The molecule has 8 nitrogen and oxygen atoms in total. The van der Waals surface area contributed by atoms with Crippen molar-refractivity contribution in [3.8, 4) is 5.82 Å². The molecule has 0 amide bonds. The number of hydrogen-bond donors (Lipinski definition) is 2. The van der Waals surface area contributed by atoms with Crippen LogP contribution in [0.5, 0.6) is 0 Å². The summed E-state index contributed by atoms with van der Waals surface area (Å²) < 4.78 is 34.8. The third kappa shape index (κ3) is 5.44. The summed E-state index contributed by atoms with van der Waals surface area (Å²) >= 11 is 0. The molecule has 10 heteroatoms. The topological polar surface area (TPSA) is 94.1 Å². The lowest BCUT2D eigenvalue weighted by molar-refractivity contribution is 0.122. The number of ether oxygens (including phenoxy) is 1. The zero-order valence-corrected chi connectivity index (χ0v) is 19.6. The smallest absolute Gasteiger partial charge is 0.296 e.